The second-order valence-corrected chi connectivity index (χ2v) is 7.00. The summed E-state index contributed by atoms with van der Waals surface area (Å²) in [6, 6.07) is 0. The molecule has 0 saturated carbocycles. The molecule has 3 nitrogen and oxygen atoms in total. The Morgan fingerprint density at radius 3 is 3.11 bits per heavy atom. The monoisotopic (exact) mass is 278 g/mol. The molecule has 3 rings (SSSR count). The molecule has 2 atom stereocenters. The van der Waals surface area contributed by atoms with Crippen LogP contribution in [0.15, 0.2) is 5.38 Å². The summed E-state index contributed by atoms with van der Waals surface area (Å²) in [6.45, 7) is 4.72. The summed E-state index contributed by atoms with van der Waals surface area (Å²) in [4.78, 5) is 16.1. The topological polar surface area (TPSA) is 46.3 Å². The van der Waals surface area contributed by atoms with Gasteiger partial charge in [-0.3, -0.25) is 4.79 Å². The van der Waals surface area contributed by atoms with Crippen LogP contribution in [0.1, 0.15) is 40.6 Å². The molecule has 104 valence electrons. The van der Waals surface area contributed by atoms with Crippen molar-refractivity contribution in [1.29, 1.82) is 0 Å². The molecule has 0 spiro atoms. The predicted octanol–water partition coefficient (Wildman–Crippen LogP) is 2.29. The zero-order valence-electron chi connectivity index (χ0n) is 11.5. The van der Waals surface area contributed by atoms with E-state index in [2.05, 4.69) is 12.3 Å². The first-order valence-electron chi connectivity index (χ1n) is 7.27. The van der Waals surface area contributed by atoms with Gasteiger partial charge in [0, 0.05) is 23.3 Å². The van der Waals surface area contributed by atoms with Crippen molar-refractivity contribution in [1.82, 2.24) is 4.90 Å². The number of thiophene rings is 1. The molecule has 19 heavy (non-hydrogen) atoms. The Bertz CT molecular complexity index is 482. The number of nitrogens with zero attached hydrogens (tertiary/aromatic N) is 1. The Hall–Kier alpha value is -0.870. The normalized spacial score (nSPS) is 26.5. The minimum absolute atomic E-state index is 0.239. The summed E-state index contributed by atoms with van der Waals surface area (Å²) in [5.41, 5.74) is 8.02. The van der Waals surface area contributed by atoms with Gasteiger partial charge in [-0.2, -0.15) is 0 Å². The largest absolute Gasteiger partial charge is 0.338 e. The molecule has 1 aromatic rings. The number of nitrogens with two attached hydrogens (primary N) is 1. The summed E-state index contributed by atoms with van der Waals surface area (Å²) in [6.07, 6.45) is 4.51. The number of fused-ring (bicyclic) bond motifs is 1. The van der Waals surface area contributed by atoms with Crippen LogP contribution in [-0.4, -0.2) is 30.4 Å². The third-order valence-corrected chi connectivity index (χ3v) is 5.59. The highest BCUT2D eigenvalue weighted by molar-refractivity contribution is 7.10. The highest BCUT2D eigenvalue weighted by Gasteiger charge is 2.30. The number of amides is 1. The van der Waals surface area contributed by atoms with E-state index in [1.807, 2.05) is 4.90 Å². The van der Waals surface area contributed by atoms with Gasteiger partial charge < -0.3 is 10.6 Å². The first-order chi connectivity index (χ1) is 9.19. The molecule has 2 heterocycles. The number of rotatable bonds is 2. The molecular weight excluding hydrogens is 256 g/mol. The Balaban J connectivity index is 1.78. The van der Waals surface area contributed by atoms with Crippen molar-refractivity contribution in [2.75, 3.05) is 19.6 Å². The van der Waals surface area contributed by atoms with Crippen LogP contribution >= 0.6 is 11.3 Å². The van der Waals surface area contributed by atoms with Gasteiger partial charge in [-0.1, -0.05) is 6.92 Å². The summed E-state index contributed by atoms with van der Waals surface area (Å²) in [5.74, 6) is 1.50. The van der Waals surface area contributed by atoms with Crippen LogP contribution in [0.5, 0.6) is 0 Å². The van der Waals surface area contributed by atoms with E-state index in [4.69, 9.17) is 5.73 Å². The molecule has 1 aromatic heterocycles. The van der Waals surface area contributed by atoms with Crippen LogP contribution in [0.4, 0.5) is 0 Å². The summed E-state index contributed by atoms with van der Waals surface area (Å²) < 4.78 is 0. The number of hydrogen-bond donors (Lipinski definition) is 1. The molecule has 1 aliphatic carbocycles. The minimum Gasteiger partial charge on any atom is -0.338 e. The van der Waals surface area contributed by atoms with Crippen LogP contribution in [0.2, 0.25) is 0 Å². The Morgan fingerprint density at radius 1 is 1.53 bits per heavy atom. The van der Waals surface area contributed by atoms with Crippen molar-refractivity contribution in [3.8, 4) is 0 Å². The standard InChI is InChI=1S/C15H22N2OS/c1-10-2-3-12-13(9-19-14(12)6-10)15(18)17-5-4-11(7-16)8-17/h9-11H,2-8,16H2,1H3. The lowest BCUT2D eigenvalue weighted by molar-refractivity contribution is 0.0786. The van der Waals surface area contributed by atoms with Crippen LogP contribution in [0, 0.1) is 11.8 Å². The zero-order chi connectivity index (χ0) is 13.4. The third kappa shape index (κ3) is 2.43. The van der Waals surface area contributed by atoms with Gasteiger partial charge in [-0.25, -0.2) is 0 Å². The first-order valence-corrected chi connectivity index (χ1v) is 8.15. The van der Waals surface area contributed by atoms with E-state index in [1.165, 1.54) is 16.9 Å². The third-order valence-electron chi connectivity index (χ3n) is 4.54. The Kier molecular flexibility index (Phi) is 3.63. The highest BCUT2D eigenvalue weighted by atomic mass is 32.1. The molecule has 2 N–H and O–H groups in total. The summed E-state index contributed by atoms with van der Waals surface area (Å²) in [5, 5.41) is 2.08. The molecule has 1 saturated heterocycles. The van der Waals surface area contributed by atoms with Gasteiger partial charge in [0.15, 0.2) is 0 Å². The number of hydrogen-bond acceptors (Lipinski definition) is 3. The molecule has 1 fully saturated rings. The fraction of sp³-hybridized carbons (Fsp3) is 0.667. The lowest BCUT2D eigenvalue weighted by Crippen LogP contribution is -2.30. The van der Waals surface area contributed by atoms with E-state index in [0.717, 1.165) is 43.8 Å². The van der Waals surface area contributed by atoms with E-state index in [-0.39, 0.29) is 5.91 Å². The second kappa shape index (κ2) is 5.25. The number of likely N-dealkylation sites (tertiary alicyclic amines) is 1. The summed E-state index contributed by atoms with van der Waals surface area (Å²) in [7, 11) is 0. The number of carbonyl (C=O) groups excluding carboxylic acids is 1. The number of carbonyl (C=O) groups is 1. The second-order valence-electron chi connectivity index (χ2n) is 6.04. The van der Waals surface area contributed by atoms with E-state index >= 15 is 0 Å². The Morgan fingerprint density at radius 2 is 2.37 bits per heavy atom. The van der Waals surface area contributed by atoms with Crippen molar-refractivity contribution >= 4 is 17.2 Å². The van der Waals surface area contributed by atoms with E-state index in [1.54, 1.807) is 11.3 Å². The van der Waals surface area contributed by atoms with Crippen molar-refractivity contribution in [3.63, 3.8) is 0 Å². The Labute approximate surface area is 118 Å². The van der Waals surface area contributed by atoms with Gasteiger partial charge in [0.25, 0.3) is 5.91 Å². The quantitative estimate of drug-likeness (QED) is 0.902. The molecule has 0 radical (unpaired) electrons. The van der Waals surface area contributed by atoms with Gasteiger partial charge in [-0.05, 0) is 49.6 Å². The van der Waals surface area contributed by atoms with Crippen LogP contribution < -0.4 is 5.73 Å². The molecule has 1 amide bonds. The van der Waals surface area contributed by atoms with Gasteiger partial charge >= 0.3 is 0 Å². The van der Waals surface area contributed by atoms with Crippen LogP contribution in [0.3, 0.4) is 0 Å². The first kappa shape index (κ1) is 13.1. The van der Waals surface area contributed by atoms with Gasteiger partial charge in [-0.15, -0.1) is 11.3 Å². The molecule has 0 aromatic carbocycles. The average molecular weight is 278 g/mol. The SMILES string of the molecule is CC1CCc2c(C(=O)N3CCC(CN)C3)csc2C1. The maximum absolute atomic E-state index is 12.6. The lowest BCUT2D eigenvalue weighted by Gasteiger charge is -2.21. The minimum atomic E-state index is 0.239. The van der Waals surface area contributed by atoms with E-state index in [9.17, 15) is 4.79 Å². The molecular formula is C15H22N2OS. The predicted molar refractivity (Wildman–Crippen MR) is 78.6 cm³/mol. The van der Waals surface area contributed by atoms with Gasteiger partial charge in [0.05, 0.1) is 5.56 Å². The van der Waals surface area contributed by atoms with Crippen molar-refractivity contribution < 1.29 is 4.79 Å². The van der Waals surface area contributed by atoms with Crippen LogP contribution in [-0.2, 0) is 12.8 Å². The van der Waals surface area contributed by atoms with Crippen molar-refractivity contribution in [3.05, 3.63) is 21.4 Å². The maximum Gasteiger partial charge on any atom is 0.254 e. The van der Waals surface area contributed by atoms with Crippen molar-refractivity contribution in [2.24, 2.45) is 17.6 Å². The van der Waals surface area contributed by atoms with Crippen LogP contribution in [0.25, 0.3) is 0 Å². The lowest BCUT2D eigenvalue weighted by atomic mass is 9.88. The van der Waals surface area contributed by atoms with Crippen molar-refractivity contribution in [2.45, 2.75) is 32.6 Å². The zero-order valence-corrected chi connectivity index (χ0v) is 12.3. The average Bonchev–Trinajstić information content (AvgIpc) is 3.03. The fourth-order valence-electron chi connectivity index (χ4n) is 3.24. The molecule has 4 heteroatoms. The molecule has 1 aliphatic heterocycles. The molecule has 0 bridgehead atoms. The smallest absolute Gasteiger partial charge is 0.254 e. The molecule has 2 unspecified atom stereocenters. The van der Waals surface area contributed by atoms with Gasteiger partial charge in [0.1, 0.15) is 0 Å². The van der Waals surface area contributed by atoms with Gasteiger partial charge in [0.2, 0.25) is 0 Å². The summed E-state index contributed by atoms with van der Waals surface area (Å²) >= 11 is 1.78. The fourth-order valence-corrected chi connectivity index (χ4v) is 4.47. The van der Waals surface area contributed by atoms with E-state index in [0.29, 0.717) is 12.5 Å². The maximum atomic E-state index is 12.6. The van der Waals surface area contributed by atoms with E-state index < -0.39 is 0 Å². The molecule has 2 aliphatic rings. The highest BCUT2D eigenvalue weighted by Crippen LogP contribution is 2.34.